The number of hydrogen-bond acceptors (Lipinski definition) is 6. The van der Waals surface area contributed by atoms with Crippen LogP contribution < -0.4 is 15.6 Å². The quantitative estimate of drug-likeness (QED) is 0.133. The van der Waals surface area contributed by atoms with Gasteiger partial charge in [-0.3, -0.25) is 10.2 Å². The molecule has 0 aliphatic carbocycles. The second-order valence-electron chi connectivity index (χ2n) is 8.85. The Labute approximate surface area is 245 Å². The normalized spacial score (nSPS) is 18.3. The number of carbonyl (C=O) groups excluding carboxylic acids is 1. The first-order chi connectivity index (χ1) is 18.9. The lowest BCUT2D eigenvalue weighted by atomic mass is 9.82. The maximum atomic E-state index is 14.0. The zero-order valence-electron chi connectivity index (χ0n) is 21.0. The summed E-state index contributed by atoms with van der Waals surface area (Å²) in [4.78, 5) is 18.9. The molecule has 0 bridgehead atoms. The molecule has 1 heterocycles. The second kappa shape index (κ2) is 13.5. The lowest BCUT2D eigenvalue weighted by molar-refractivity contribution is -0.129. The van der Waals surface area contributed by atoms with Crippen LogP contribution in [-0.2, 0) is 16.0 Å². The fourth-order valence-electron chi connectivity index (χ4n) is 4.22. The number of aliphatic hydroxyl groups is 1. The highest BCUT2D eigenvalue weighted by molar-refractivity contribution is 9.10. The van der Waals surface area contributed by atoms with Crippen molar-refractivity contribution in [3.63, 3.8) is 0 Å². The zero-order chi connectivity index (χ0) is 27.8. The molecule has 10 heteroatoms. The Morgan fingerprint density at radius 1 is 1.18 bits per heavy atom. The number of amides is 1. The van der Waals surface area contributed by atoms with E-state index < -0.39 is 17.6 Å². The van der Waals surface area contributed by atoms with Crippen LogP contribution in [0.2, 0.25) is 10.0 Å². The topological polar surface area (TPSA) is 92.2 Å². The zero-order valence-corrected chi connectivity index (χ0v) is 24.1. The van der Waals surface area contributed by atoms with Crippen molar-refractivity contribution in [3.05, 3.63) is 111 Å². The van der Waals surface area contributed by atoms with E-state index in [1.54, 1.807) is 36.4 Å². The van der Waals surface area contributed by atoms with Crippen LogP contribution in [-0.4, -0.2) is 42.2 Å². The predicted molar refractivity (Wildman–Crippen MR) is 157 cm³/mol. The summed E-state index contributed by atoms with van der Waals surface area (Å²) in [5, 5.41) is 9.82. The average Bonchev–Trinajstić information content (AvgIpc) is 3.31. The highest BCUT2D eigenvalue weighted by atomic mass is 79.9. The number of nitrogens with zero attached hydrogens (tertiary/aromatic N) is 1. The molecule has 204 valence electrons. The number of ether oxygens (including phenoxy) is 2. The number of nitrogens with one attached hydrogen (secondary N) is 2. The molecule has 4 rings (SSSR count). The number of hydrazine groups is 1. The molecule has 0 saturated heterocycles. The fourth-order valence-corrected chi connectivity index (χ4v) is 5.15. The van der Waals surface area contributed by atoms with E-state index in [1.165, 1.54) is 0 Å². The lowest BCUT2D eigenvalue weighted by Gasteiger charge is -2.31. The van der Waals surface area contributed by atoms with Gasteiger partial charge in [0.15, 0.2) is 11.6 Å². The first-order valence-corrected chi connectivity index (χ1v) is 13.9. The van der Waals surface area contributed by atoms with Crippen LogP contribution in [0.3, 0.4) is 0 Å². The molecule has 1 aliphatic heterocycles. The Bertz CT molecular complexity index is 1350. The molecule has 7 nitrogen and oxygen atoms in total. The number of rotatable bonds is 12. The Morgan fingerprint density at radius 2 is 1.95 bits per heavy atom. The minimum Gasteiger partial charge on any atom is -0.494 e. The van der Waals surface area contributed by atoms with E-state index in [0.717, 1.165) is 10.0 Å². The summed E-state index contributed by atoms with van der Waals surface area (Å²) in [6, 6.07) is 20.0. The molecule has 0 saturated carbocycles. The molecule has 1 amide bonds. The van der Waals surface area contributed by atoms with Crippen molar-refractivity contribution < 1.29 is 19.4 Å². The number of benzene rings is 3. The van der Waals surface area contributed by atoms with Crippen LogP contribution in [0.15, 0.2) is 88.9 Å². The van der Waals surface area contributed by atoms with Gasteiger partial charge in [-0.2, -0.15) is 0 Å². The maximum Gasteiger partial charge on any atom is 0.266 e. The van der Waals surface area contributed by atoms with Crippen LogP contribution in [0, 0.1) is 0 Å². The van der Waals surface area contributed by atoms with Gasteiger partial charge in [0.05, 0.1) is 6.61 Å². The SMILES string of the molecule is C=CCNNC(=O)[C@@]1(Cc2ccccc2Br)N=C(c2ccc(OCCCO)cc2)O[C@H]1c1ccc(Cl)cc1Cl. The first-order valence-electron chi connectivity index (χ1n) is 12.3. The smallest absolute Gasteiger partial charge is 0.266 e. The van der Waals surface area contributed by atoms with Gasteiger partial charge in [-0.05, 0) is 48.0 Å². The van der Waals surface area contributed by atoms with Gasteiger partial charge < -0.3 is 14.6 Å². The first kappa shape index (κ1) is 29.1. The summed E-state index contributed by atoms with van der Waals surface area (Å²) >= 11 is 16.5. The largest absolute Gasteiger partial charge is 0.494 e. The monoisotopic (exact) mass is 631 g/mol. The molecular formula is C29H28BrCl2N3O4. The Morgan fingerprint density at radius 3 is 2.64 bits per heavy atom. The van der Waals surface area contributed by atoms with Gasteiger partial charge in [-0.1, -0.05) is 69.5 Å². The van der Waals surface area contributed by atoms with Crippen molar-refractivity contribution in [1.82, 2.24) is 10.9 Å². The molecule has 3 aromatic carbocycles. The van der Waals surface area contributed by atoms with Crippen molar-refractivity contribution in [3.8, 4) is 5.75 Å². The summed E-state index contributed by atoms with van der Waals surface area (Å²) in [7, 11) is 0. The Balaban J connectivity index is 1.80. The molecule has 1 aliphatic rings. The Kier molecular flexibility index (Phi) is 10.0. The molecule has 0 unspecified atom stereocenters. The van der Waals surface area contributed by atoms with Crippen molar-refractivity contribution in [1.29, 1.82) is 0 Å². The average molecular weight is 633 g/mol. The molecule has 39 heavy (non-hydrogen) atoms. The van der Waals surface area contributed by atoms with E-state index in [4.69, 9.17) is 42.8 Å². The van der Waals surface area contributed by atoms with E-state index in [1.807, 2.05) is 36.4 Å². The van der Waals surface area contributed by atoms with Gasteiger partial charge in [-0.15, -0.1) is 6.58 Å². The van der Waals surface area contributed by atoms with E-state index in [0.29, 0.717) is 52.4 Å². The standard InChI is InChI=1S/C29H28BrCl2N3O4/c1-2-14-33-35-28(37)29(18-20-6-3-4-7-24(20)30)26(23-13-10-21(31)17-25(23)32)39-27(34-29)19-8-11-22(12-9-19)38-16-5-15-36/h2-4,6-13,17,26,33,36H,1,5,14-16,18H2,(H,35,37)/t26-,29-/m0/s1. The molecule has 0 radical (unpaired) electrons. The van der Waals surface area contributed by atoms with E-state index in [-0.39, 0.29) is 13.0 Å². The number of halogens is 3. The van der Waals surface area contributed by atoms with Gasteiger partial charge in [0.1, 0.15) is 5.75 Å². The van der Waals surface area contributed by atoms with Crippen molar-refractivity contribution in [2.24, 2.45) is 4.99 Å². The van der Waals surface area contributed by atoms with Crippen LogP contribution in [0.25, 0.3) is 0 Å². The number of aliphatic imine (C=N–C) groups is 1. The van der Waals surface area contributed by atoms with E-state index in [9.17, 15) is 4.79 Å². The van der Waals surface area contributed by atoms with Gasteiger partial charge in [0.2, 0.25) is 5.90 Å². The van der Waals surface area contributed by atoms with E-state index in [2.05, 4.69) is 33.4 Å². The van der Waals surface area contributed by atoms with E-state index >= 15 is 0 Å². The molecule has 0 fully saturated rings. The summed E-state index contributed by atoms with van der Waals surface area (Å²) in [5.74, 6) is 0.544. The van der Waals surface area contributed by atoms with Gasteiger partial charge >= 0.3 is 0 Å². The van der Waals surface area contributed by atoms with Crippen LogP contribution in [0.1, 0.15) is 29.2 Å². The van der Waals surface area contributed by atoms with Crippen molar-refractivity contribution in [2.75, 3.05) is 19.8 Å². The third-order valence-corrected chi connectivity index (χ3v) is 7.48. The predicted octanol–water partition coefficient (Wildman–Crippen LogP) is 5.82. The summed E-state index contributed by atoms with van der Waals surface area (Å²) in [5.41, 5.74) is 6.34. The fraction of sp³-hybridized carbons (Fsp3) is 0.241. The van der Waals surface area contributed by atoms with Crippen LogP contribution in [0.4, 0.5) is 0 Å². The maximum absolute atomic E-state index is 14.0. The number of carbonyl (C=O) groups is 1. The number of aliphatic hydroxyl groups excluding tert-OH is 1. The summed E-state index contributed by atoms with van der Waals surface area (Å²) < 4.78 is 13.0. The molecule has 0 aromatic heterocycles. The molecular weight excluding hydrogens is 605 g/mol. The summed E-state index contributed by atoms with van der Waals surface area (Å²) in [6.07, 6.45) is 1.52. The minimum absolute atomic E-state index is 0.0563. The number of hydrogen-bond donors (Lipinski definition) is 3. The van der Waals surface area contributed by atoms with Gasteiger partial charge in [0.25, 0.3) is 5.91 Å². The Hall–Kier alpha value is -2.88. The minimum atomic E-state index is -1.43. The third-order valence-electron chi connectivity index (χ3n) is 6.14. The summed E-state index contributed by atoms with van der Waals surface area (Å²) in [6.45, 7) is 4.51. The highest BCUT2D eigenvalue weighted by Gasteiger charge is 2.54. The third kappa shape index (κ3) is 6.83. The molecule has 2 atom stereocenters. The van der Waals surface area contributed by atoms with Crippen molar-refractivity contribution >= 4 is 50.9 Å². The molecule has 3 N–H and O–H groups in total. The lowest BCUT2D eigenvalue weighted by Crippen LogP contribution is -2.54. The molecule has 3 aromatic rings. The highest BCUT2D eigenvalue weighted by Crippen LogP contribution is 2.45. The molecule has 0 spiro atoms. The van der Waals surface area contributed by atoms with Gasteiger partial charge in [0, 0.05) is 51.6 Å². The van der Waals surface area contributed by atoms with Crippen LogP contribution in [0.5, 0.6) is 5.75 Å². The van der Waals surface area contributed by atoms with Crippen molar-refractivity contribution in [2.45, 2.75) is 24.5 Å². The van der Waals surface area contributed by atoms with Crippen LogP contribution >= 0.6 is 39.1 Å². The van der Waals surface area contributed by atoms with Gasteiger partial charge in [-0.25, -0.2) is 10.4 Å². The second-order valence-corrected chi connectivity index (χ2v) is 10.5.